The largest absolute Gasteiger partial charge is 0.368 e. The highest BCUT2D eigenvalue weighted by molar-refractivity contribution is 5.79. The molecule has 4 heteroatoms. The summed E-state index contributed by atoms with van der Waals surface area (Å²) in [5.41, 5.74) is 5.01. The Morgan fingerprint density at radius 2 is 2.56 bits per heavy atom. The molecule has 3 N–H and O–H groups in total. The van der Waals surface area contributed by atoms with Gasteiger partial charge in [0.1, 0.15) is 0 Å². The number of nitrogens with two attached hydrogens (primary N) is 1. The molecule has 1 atom stereocenters. The van der Waals surface area contributed by atoms with Crippen LogP contribution in [0.5, 0.6) is 0 Å². The van der Waals surface area contributed by atoms with E-state index in [-0.39, 0.29) is 11.9 Å². The number of carbonyl (C=O) groups excluding carboxylic acids is 1. The predicted molar refractivity (Wildman–Crippen MR) is 31.6 cm³/mol. The molecule has 1 saturated heterocycles. The number of primary amides is 1. The average molecular weight is 130 g/mol. The monoisotopic (exact) mass is 130 g/mol. The maximum Gasteiger partial charge on any atom is 0.234 e. The zero-order valence-corrected chi connectivity index (χ0v) is 5.09. The van der Waals surface area contributed by atoms with E-state index in [9.17, 15) is 4.79 Å². The number of carbonyl (C=O) groups is 1. The van der Waals surface area contributed by atoms with Crippen LogP contribution in [0.1, 0.15) is 6.42 Å². The third-order valence-electron chi connectivity index (χ3n) is 1.33. The molecule has 0 aliphatic carbocycles. The fourth-order valence-corrected chi connectivity index (χ4v) is 0.778. The maximum absolute atomic E-state index is 10.5. The van der Waals surface area contributed by atoms with Gasteiger partial charge in [-0.25, -0.2) is 0 Å². The Hall–Kier alpha value is -0.610. The van der Waals surface area contributed by atoms with E-state index in [1.54, 1.807) is 0 Å². The molecule has 0 bridgehead atoms. The van der Waals surface area contributed by atoms with Gasteiger partial charge in [-0.2, -0.15) is 0 Å². The second-order valence-electron chi connectivity index (χ2n) is 2.00. The fraction of sp³-hybridized carbons (Fsp3) is 0.800. The standard InChI is InChI=1S/C5H10N2O2/c6-5(8)4-1-2-9-3-7-4/h4,7H,1-3H2,(H2,6,8). The Bertz CT molecular complexity index is 110. The van der Waals surface area contributed by atoms with Crippen molar-refractivity contribution in [1.82, 2.24) is 5.32 Å². The highest BCUT2D eigenvalue weighted by Crippen LogP contribution is 1.96. The number of nitrogens with one attached hydrogen (secondary N) is 1. The van der Waals surface area contributed by atoms with Crippen molar-refractivity contribution in [3.05, 3.63) is 0 Å². The third-order valence-corrected chi connectivity index (χ3v) is 1.33. The number of amides is 1. The Morgan fingerprint density at radius 1 is 1.78 bits per heavy atom. The van der Waals surface area contributed by atoms with Crippen LogP contribution in [0.4, 0.5) is 0 Å². The van der Waals surface area contributed by atoms with Crippen LogP contribution < -0.4 is 11.1 Å². The molecule has 1 amide bonds. The molecule has 1 aliphatic heterocycles. The second-order valence-corrected chi connectivity index (χ2v) is 2.00. The van der Waals surface area contributed by atoms with Gasteiger partial charge in [0.15, 0.2) is 0 Å². The van der Waals surface area contributed by atoms with Gasteiger partial charge < -0.3 is 10.5 Å². The summed E-state index contributed by atoms with van der Waals surface area (Å²) in [5.74, 6) is -0.293. The molecule has 4 nitrogen and oxygen atoms in total. The van der Waals surface area contributed by atoms with E-state index in [1.165, 1.54) is 0 Å². The van der Waals surface area contributed by atoms with Crippen molar-refractivity contribution in [2.45, 2.75) is 12.5 Å². The van der Waals surface area contributed by atoms with Crippen molar-refractivity contribution >= 4 is 5.91 Å². The summed E-state index contributed by atoms with van der Waals surface area (Å²) in [5, 5.41) is 2.82. The van der Waals surface area contributed by atoms with Gasteiger partial charge in [-0.3, -0.25) is 10.1 Å². The molecule has 1 heterocycles. The van der Waals surface area contributed by atoms with Crippen LogP contribution >= 0.6 is 0 Å². The van der Waals surface area contributed by atoms with Crippen LogP contribution in [-0.4, -0.2) is 25.3 Å². The Morgan fingerprint density at radius 3 is 2.89 bits per heavy atom. The summed E-state index contributed by atoms with van der Waals surface area (Å²) in [6.45, 7) is 1.06. The van der Waals surface area contributed by atoms with Gasteiger partial charge in [-0.05, 0) is 6.42 Å². The molecule has 0 aromatic heterocycles. The van der Waals surface area contributed by atoms with Crippen LogP contribution in [0.3, 0.4) is 0 Å². The average Bonchev–Trinajstić information content (AvgIpc) is 1.90. The molecule has 1 unspecified atom stereocenters. The molecule has 0 radical (unpaired) electrons. The lowest BCUT2D eigenvalue weighted by Gasteiger charge is -2.20. The van der Waals surface area contributed by atoms with E-state index in [4.69, 9.17) is 10.5 Å². The van der Waals surface area contributed by atoms with E-state index >= 15 is 0 Å². The first-order valence-corrected chi connectivity index (χ1v) is 2.91. The molecule has 1 rings (SSSR count). The van der Waals surface area contributed by atoms with Gasteiger partial charge in [-0.1, -0.05) is 0 Å². The van der Waals surface area contributed by atoms with E-state index in [2.05, 4.69) is 5.32 Å². The summed E-state index contributed by atoms with van der Waals surface area (Å²) in [4.78, 5) is 10.5. The Balaban J connectivity index is 2.31. The van der Waals surface area contributed by atoms with Crippen LogP contribution in [0.2, 0.25) is 0 Å². The topological polar surface area (TPSA) is 64.4 Å². The van der Waals surface area contributed by atoms with Crippen LogP contribution in [0.25, 0.3) is 0 Å². The summed E-state index contributed by atoms with van der Waals surface area (Å²) >= 11 is 0. The first kappa shape index (κ1) is 6.51. The van der Waals surface area contributed by atoms with Crippen molar-refractivity contribution in [2.24, 2.45) is 5.73 Å². The van der Waals surface area contributed by atoms with Crippen LogP contribution in [0.15, 0.2) is 0 Å². The molecule has 0 aromatic rings. The van der Waals surface area contributed by atoms with Gasteiger partial charge in [0.2, 0.25) is 5.91 Å². The van der Waals surface area contributed by atoms with Gasteiger partial charge in [0.05, 0.1) is 19.4 Å². The lowest BCUT2D eigenvalue weighted by atomic mass is 10.2. The van der Waals surface area contributed by atoms with Gasteiger partial charge in [0, 0.05) is 0 Å². The van der Waals surface area contributed by atoms with Crippen LogP contribution in [0, 0.1) is 0 Å². The minimum absolute atomic E-state index is 0.182. The summed E-state index contributed by atoms with van der Waals surface area (Å²) in [6.07, 6.45) is 0.690. The highest BCUT2D eigenvalue weighted by Gasteiger charge is 2.16. The maximum atomic E-state index is 10.5. The molecule has 0 spiro atoms. The van der Waals surface area contributed by atoms with Crippen molar-refractivity contribution in [3.63, 3.8) is 0 Å². The van der Waals surface area contributed by atoms with Crippen molar-refractivity contribution in [3.8, 4) is 0 Å². The van der Waals surface area contributed by atoms with E-state index in [0.717, 1.165) is 0 Å². The predicted octanol–water partition coefficient (Wildman–Crippen LogP) is -1.19. The zero-order valence-electron chi connectivity index (χ0n) is 5.09. The first-order valence-electron chi connectivity index (χ1n) is 2.91. The molecule has 0 aromatic carbocycles. The van der Waals surface area contributed by atoms with E-state index in [1.807, 2.05) is 0 Å². The van der Waals surface area contributed by atoms with Crippen LogP contribution in [-0.2, 0) is 9.53 Å². The normalized spacial score (nSPS) is 27.8. The highest BCUT2D eigenvalue weighted by atomic mass is 16.5. The van der Waals surface area contributed by atoms with Gasteiger partial charge >= 0.3 is 0 Å². The number of ether oxygens (including phenoxy) is 1. The summed E-state index contributed by atoms with van der Waals surface area (Å²) in [6, 6.07) is -0.182. The lowest BCUT2D eigenvalue weighted by Crippen LogP contribution is -2.46. The minimum Gasteiger partial charge on any atom is -0.368 e. The first-order chi connectivity index (χ1) is 4.30. The van der Waals surface area contributed by atoms with Crippen molar-refractivity contribution < 1.29 is 9.53 Å². The molecule has 0 saturated carbocycles. The quantitative estimate of drug-likeness (QED) is 0.469. The number of hydrogen-bond acceptors (Lipinski definition) is 3. The summed E-state index contributed by atoms with van der Waals surface area (Å²) < 4.78 is 4.93. The molecular weight excluding hydrogens is 120 g/mol. The van der Waals surface area contributed by atoms with Crippen molar-refractivity contribution in [1.29, 1.82) is 0 Å². The Labute approximate surface area is 53.4 Å². The third kappa shape index (κ3) is 1.65. The SMILES string of the molecule is NC(=O)C1CCOCN1. The lowest BCUT2D eigenvalue weighted by molar-refractivity contribution is -0.122. The summed E-state index contributed by atoms with van der Waals surface area (Å²) in [7, 11) is 0. The number of rotatable bonds is 1. The van der Waals surface area contributed by atoms with E-state index < -0.39 is 0 Å². The molecule has 9 heavy (non-hydrogen) atoms. The van der Waals surface area contributed by atoms with E-state index in [0.29, 0.717) is 19.8 Å². The van der Waals surface area contributed by atoms with Gasteiger partial charge in [0.25, 0.3) is 0 Å². The molecule has 52 valence electrons. The zero-order chi connectivity index (χ0) is 6.69. The molecule has 1 fully saturated rings. The minimum atomic E-state index is -0.293. The Kier molecular flexibility index (Phi) is 2.02. The fourth-order valence-electron chi connectivity index (χ4n) is 0.778. The molecule has 1 aliphatic rings. The molecular formula is C5H10N2O2. The smallest absolute Gasteiger partial charge is 0.234 e. The number of hydrogen-bond donors (Lipinski definition) is 2. The van der Waals surface area contributed by atoms with Crippen molar-refractivity contribution in [2.75, 3.05) is 13.3 Å². The second kappa shape index (κ2) is 2.80. The van der Waals surface area contributed by atoms with Gasteiger partial charge in [-0.15, -0.1) is 0 Å².